The van der Waals surface area contributed by atoms with Gasteiger partial charge in [0.2, 0.25) is 5.82 Å². The zero-order chi connectivity index (χ0) is 41.0. The number of nitrogens with one attached hydrogen (secondary N) is 1. The average Bonchev–Trinajstić information content (AvgIpc) is 3.65. The van der Waals surface area contributed by atoms with Gasteiger partial charge in [0.05, 0.1) is 31.5 Å². The van der Waals surface area contributed by atoms with Gasteiger partial charge in [0, 0.05) is 37.3 Å². The number of hydrogen-bond acceptors (Lipinski definition) is 15. The summed E-state index contributed by atoms with van der Waals surface area (Å²) in [7, 11) is 0. The van der Waals surface area contributed by atoms with Crippen LogP contribution in [0.1, 0.15) is 144 Å². The van der Waals surface area contributed by atoms with Gasteiger partial charge in [-0.2, -0.15) is 4.37 Å². The van der Waals surface area contributed by atoms with Crippen molar-refractivity contribution in [2.75, 3.05) is 51.0 Å². The van der Waals surface area contributed by atoms with Crippen LogP contribution in [-0.4, -0.2) is 103 Å². The molecule has 1 aliphatic heterocycles. The fourth-order valence-corrected chi connectivity index (χ4v) is 6.34. The summed E-state index contributed by atoms with van der Waals surface area (Å²) in [5, 5.41) is 3.28. The zero-order valence-corrected chi connectivity index (χ0v) is 35.8. The minimum Gasteiger partial charge on any atom is -0.470 e. The summed E-state index contributed by atoms with van der Waals surface area (Å²) in [4.78, 5) is 51.9. The summed E-state index contributed by atoms with van der Waals surface area (Å²) in [6.45, 7) is 13.9. The summed E-state index contributed by atoms with van der Waals surface area (Å²) in [5.41, 5.74) is -0.268. The van der Waals surface area contributed by atoms with E-state index in [0.717, 1.165) is 43.1 Å². The number of esters is 4. The van der Waals surface area contributed by atoms with Crippen molar-refractivity contribution in [1.29, 1.82) is 0 Å². The molecule has 3 atom stereocenters. The van der Waals surface area contributed by atoms with E-state index in [9.17, 15) is 19.2 Å². The van der Waals surface area contributed by atoms with E-state index in [2.05, 4.69) is 21.0 Å². The zero-order valence-electron chi connectivity index (χ0n) is 35.0. The molecule has 0 saturated carbocycles. The SMILES string of the molecule is CCCCCCCCCCCCCCCCCCOC(=O)C(C)OC(=O)C(C)OC(=O)/C=C/C(=O)O[C@@H](CNC(C)(C)C)COc1nsnc1N1CCOCC1. The molecule has 320 valence electrons. The van der Waals surface area contributed by atoms with Gasteiger partial charge in [-0.3, -0.25) is 0 Å². The van der Waals surface area contributed by atoms with E-state index in [-0.39, 0.29) is 25.3 Å². The molecule has 2 heterocycles. The van der Waals surface area contributed by atoms with E-state index >= 15 is 0 Å². The summed E-state index contributed by atoms with van der Waals surface area (Å²) in [5.74, 6) is -2.41. The Morgan fingerprint density at radius 1 is 0.750 bits per heavy atom. The van der Waals surface area contributed by atoms with Crippen molar-refractivity contribution < 1.29 is 47.6 Å². The van der Waals surface area contributed by atoms with Crippen LogP contribution in [-0.2, 0) is 42.9 Å². The molecule has 1 aromatic heterocycles. The molecule has 0 bridgehead atoms. The number of unbranched alkanes of at least 4 members (excludes halogenated alkanes) is 15. The van der Waals surface area contributed by atoms with E-state index in [1.807, 2.05) is 25.7 Å². The van der Waals surface area contributed by atoms with Crippen LogP contribution in [0, 0.1) is 0 Å². The van der Waals surface area contributed by atoms with E-state index in [0.29, 0.717) is 38.0 Å². The lowest BCUT2D eigenvalue weighted by Gasteiger charge is -2.27. The molecule has 1 N–H and O–H groups in total. The molecule has 0 aromatic carbocycles. The van der Waals surface area contributed by atoms with Gasteiger partial charge in [0.25, 0.3) is 5.88 Å². The number of morpholine rings is 1. The van der Waals surface area contributed by atoms with Crippen LogP contribution in [0.2, 0.25) is 0 Å². The van der Waals surface area contributed by atoms with Gasteiger partial charge >= 0.3 is 23.9 Å². The molecular weight excluding hydrogens is 741 g/mol. The van der Waals surface area contributed by atoms with Crippen LogP contribution in [0.15, 0.2) is 12.2 Å². The Labute approximate surface area is 339 Å². The molecule has 15 heteroatoms. The molecule has 2 unspecified atom stereocenters. The summed E-state index contributed by atoms with van der Waals surface area (Å²) < 4.78 is 41.0. The lowest BCUT2D eigenvalue weighted by molar-refractivity contribution is -0.175. The molecule has 1 aliphatic rings. The quantitative estimate of drug-likeness (QED) is 0.0357. The highest BCUT2D eigenvalue weighted by Gasteiger charge is 2.26. The van der Waals surface area contributed by atoms with E-state index in [4.69, 9.17) is 28.4 Å². The second-order valence-corrected chi connectivity index (χ2v) is 16.0. The summed E-state index contributed by atoms with van der Waals surface area (Å²) >= 11 is 1.03. The average molecular weight is 811 g/mol. The molecule has 0 radical (unpaired) electrons. The molecule has 0 amide bonds. The maximum atomic E-state index is 12.7. The molecule has 14 nitrogen and oxygen atoms in total. The largest absolute Gasteiger partial charge is 0.470 e. The molecule has 0 spiro atoms. The van der Waals surface area contributed by atoms with Crippen LogP contribution in [0.4, 0.5) is 5.82 Å². The van der Waals surface area contributed by atoms with Gasteiger partial charge < -0.3 is 38.6 Å². The van der Waals surface area contributed by atoms with Gasteiger partial charge in [-0.1, -0.05) is 103 Å². The lowest BCUT2D eigenvalue weighted by atomic mass is 10.0. The third kappa shape index (κ3) is 23.1. The third-order valence-corrected chi connectivity index (χ3v) is 9.65. The van der Waals surface area contributed by atoms with Crippen molar-refractivity contribution >= 4 is 41.4 Å². The molecular formula is C41H70N4O10S. The highest BCUT2D eigenvalue weighted by Crippen LogP contribution is 2.26. The van der Waals surface area contributed by atoms with Crippen molar-refractivity contribution in [1.82, 2.24) is 14.1 Å². The fraction of sp³-hybridized carbons (Fsp3) is 0.805. The highest BCUT2D eigenvalue weighted by molar-refractivity contribution is 6.99. The Morgan fingerprint density at radius 3 is 1.82 bits per heavy atom. The van der Waals surface area contributed by atoms with Gasteiger partial charge in [-0.25, -0.2) is 19.2 Å². The minimum atomic E-state index is -1.33. The Hall–Kier alpha value is -3.30. The van der Waals surface area contributed by atoms with Crippen molar-refractivity contribution in [3.63, 3.8) is 0 Å². The summed E-state index contributed by atoms with van der Waals surface area (Å²) in [6, 6.07) is 0. The first-order chi connectivity index (χ1) is 26.9. The fourth-order valence-electron chi connectivity index (χ4n) is 5.82. The van der Waals surface area contributed by atoms with Gasteiger partial charge in [0.1, 0.15) is 12.7 Å². The van der Waals surface area contributed by atoms with Gasteiger partial charge in [-0.05, 0) is 41.0 Å². The number of carbonyl (C=O) groups is 4. The monoisotopic (exact) mass is 810 g/mol. The first-order valence-electron chi connectivity index (χ1n) is 20.9. The van der Waals surface area contributed by atoms with Crippen molar-refractivity contribution in [3.8, 4) is 5.88 Å². The first kappa shape index (κ1) is 48.8. The Kier molecular flexibility index (Phi) is 25.3. The number of carbonyl (C=O) groups excluding carboxylic acids is 4. The number of nitrogens with zero attached hydrogens (tertiary/aromatic N) is 3. The van der Waals surface area contributed by atoms with E-state index in [1.54, 1.807) is 0 Å². The molecule has 1 fully saturated rings. The Morgan fingerprint density at radius 2 is 1.27 bits per heavy atom. The van der Waals surface area contributed by atoms with Crippen LogP contribution < -0.4 is 15.0 Å². The number of anilines is 1. The molecule has 56 heavy (non-hydrogen) atoms. The van der Waals surface area contributed by atoms with Gasteiger partial charge in [-0.15, -0.1) is 4.37 Å². The second-order valence-electron chi connectivity index (χ2n) is 15.5. The van der Waals surface area contributed by atoms with E-state index < -0.39 is 42.2 Å². The van der Waals surface area contributed by atoms with Crippen molar-refractivity contribution in [3.05, 3.63) is 12.2 Å². The third-order valence-electron chi connectivity index (χ3n) is 9.15. The van der Waals surface area contributed by atoms with Crippen LogP contribution >= 0.6 is 11.7 Å². The topological polar surface area (TPSA) is 165 Å². The normalized spacial score (nSPS) is 14.9. The predicted octanol–water partition coefficient (Wildman–Crippen LogP) is 7.28. The maximum absolute atomic E-state index is 12.7. The number of rotatable bonds is 30. The molecule has 1 saturated heterocycles. The van der Waals surface area contributed by atoms with Crippen molar-refractivity contribution in [2.24, 2.45) is 0 Å². The van der Waals surface area contributed by atoms with Crippen molar-refractivity contribution in [2.45, 2.75) is 168 Å². The number of aromatic nitrogens is 2. The smallest absolute Gasteiger partial charge is 0.348 e. The number of ether oxygens (including phenoxy) is 6. The van der Waals surface area contributed by atoms with Crippen LogP contribution in [0.3, 0.4) is 0 Å². The maximum Gasteiger partial charge on any atom is 0.348 e. The highest BCUT2D eigenvalue weighted by atomic mass is 32.1. The van der Waals surface area contributed by atoms with Crippen LogP contribution in [0.5, 0.6) is 5.88 Å². The number of hydrogen-bond donors (Lipinski definition) is 1. The predicted molar refractivity (Wildman–Crippen MR) is 217 cm³/mol. The van der Waals surface area contributed by atoms with Crippen LogP contribution in [0.25, 0.3) is 0 Å². The molecule has 2 rings (SSSR count). The first-order valence-corrected chi connectivity index (χ1v) is 21.6. The standard InChI is InChI=1S/C41H70N4O10S/c1-7-8-9-10-11-12-13-14-15-16-17-18-19-20-21-22-27-51-39(48)32(2)54-40(49)33(3)53-35(46)23-24-36(47)55-34(30-42-41(4,5)6)31-52-38-37(43-56-44-38)45-25-28-50-29-26-45/h23-24,32-34,42H,7-22,25-31H2,1-6H3/b24-23+/t32?,33?,34-/m0/s1. The summed E-state index contributed by atoms with van der Waals surface area (Å²) in [6.07, 6.45) is 18.6. The lowest BCUT2D eigenvalue weighted by Crippen LogP contribution is -2.44. The Bertz CT molecular complexity index is 1280. The molecule has 1 aromatic rings. The van der Waals surface area contributed by atoms with E-state index in [1.165, 1.54) is 97.3 Å². The second kappa shape index (κ2) is 29.0. The van der Waals surface area contributed by atoms with Gasteiger partial charge in [0.15, 0.2) is 12.2 Å². The Balaban J connectivity index is 1.61. The minimum absolute atomic E-state index is 0.0150. The molecule has 0 aliphatic carbocycles.